The summed E-state index contributed by atoms with van der Waals surface area (Å²) in [6, 6.07) is 9.04. The largest absolute Gasteiger partial charge is 0.495 e. The van der Waals surface area contributed by atoms with Gasteiger partial charge in [-0.2, -0.15) is 0 Å². The van der Waals surface area contributed by atoms with Crippen LogP contribution in [-0.4, -0.2) is 17.1 Å². The Bertz CT molecular complexity index is 619. The van der Waals surface area contributed by atoms with E-state index in [1.165, 1.54) is 0 Å². The Morgan fingerprint density at radius 2 is 2.05 bits per heavy atom. The van der Waals surface area contributed by atoms with E-state index in [0.29, 0.717) is 16.5 Å². The van der Waals surface area contributed by atoms with Gasteiger partial charge in [0.25, 0.3) is 0 Å². The van der Waals surface area contributed by atoms with Gasteiger partial charge in [-0.25, -0.2) is 0 Å². The van der Waals surface area contributed by atoms with Crippen molar-refractivity contribution in [3.05, 3.63) is 47.2 Å². The second-order valence-electron chi connectivity index (χ2n) is 3.77. The van der Waals surface area contributed by atoms with Crippen LogP contribution in [0.3, 0.4) is 0 Å². The number of rotatable bonds is 4. The van der Waals surface area contributed by atoms with Crippen molar-refractivity contribution < 1.29 is 4.74 Å². The van der Waals surface area contributed by atoms with Crippen molar-refractivity contribution in [2.75, 3.05) is 12.4 Å². The Balaban J connectivity index is 2.23. The standard InChI is InChI=1S/C13H12ClN3OS/c1-18-12-3-2-8(6-10(12)14)17-9-4-5-16-11(7-9)13(15)19/h2-7H,1H3,(H2,15,19)(H,16,17). The Kier molecular flexibility index (Phi) is 4.19. The number of anilines is 2. The molecule has 1 heterocycles. The molecule has 2 rings (SSSR count). The van der Waals surface area contributed by atoms with E-state index in [4.69, 9.17) is 34.3 Å². The summed E-state index contributed by atoms with van der Waals surface area (Å²) in [6.07, 6.45) is 1.64. The molecular formula is C13H12ClN3OS. The van der Waals surface area contributed by atoms with E-state index < -0.39 is 0 Å². The highest BCUT2D eigenvalue weighted by molar-refractivity contribution is 7.80. The summed E-state index contributed by atoms with van der Waals surface area (Å²) in [6.45, 7) is 0. The van der Waals surface area contributed by atoms with E-state index in [1.807, 2.05) is 12.1 Å². The molecule has 0 spiro atoms. The van der Waals surface area contributed by atoms with E-state index in [0.717, 1.165) is 11.4 Å². The number of methoxy groups -OCH3 is 1. The van der Waals surface area contributed by atoms with Gasteiger partial charge in [-0.05, 0) is 30.3 Å². The minimum atomic E-state index is 0.261. The van der Waals surface area contributed by atoms with Crippen molar-refractivity contribution in [3.63, 3.8) is 0 Å². The first-order valence-corrected chi connectivity index (χ1v) is 6.25. The molecule has 0 aliphatic heterocycles. The number of hydrogen-bond donors (Lipinski definition) is 2. The van der Waals surface area contributed by atoms with Crippen molar-refractivity contribution in [1.82, 2.24) is 4.98 Å². The van der Waals surface area contributed by atoms with Crippen LogP contribution in [-0.2, 0) is 0 Å². The van der Waals surface area contributed by atoms with Gasteiger partial charge in [0.05, 0.1) is 17.8 Å². The van der Waals surface area contributed by atoms with Crippen LogP contribution in [0, 0.1) is 0 Å². The van der Waals surface area contributed by atoms with Crippen molar-refractivity contribution in [1.29, 1.82) is 0 Å². The van der Waals surface area contributed by atoms with Crippen LogP contribution in [0.4, 0.5) is 11.4 Å². The minimum Gasteiger partial charge on any atom is -0.495 e. The predicted octanol–water partition coefficient (Wildman–Crippen LogP) is 3.12. The minimum absolute atomic E-state index is 0.261. The van der Waals surface area contributed by atoms with Gasteiger partial charge >= 0.3 is 0 Å². The highest BCUT2D eigenvalue weighted by Crippen LogP contribution is 2.28. The quantitative estimate of drug-likeness (QED) is 0.848. The highest BCUT2D eigenvalue weighted by atomic mass is 35.5. The summed E-state index contributed by atoms with van der Waals surface area (Å²) >= 11 is 10.9. The third-order valence-corrected chi connectivity index (χ3v) is 2.96. The maximum Gasteiger partial charge on any atom is 0.137 e. The average molecular weight is 294 g/mol. The molecule has 0 bridgehead atoms. The molecule has 4 nitrogen and oxygen atoms in total. The van der Waals surface area contributed by atoms with Crippen molar-refractivity contribution in [2.45, 2.75) is 0 Å². The number of halogens is 1. The lowest BCUT2D eigenvalue weighted by Crippen LogP contribution is -2.11. The summed E-state index contributed by atoms with van der Waals surface area (Å²) in [5, 5.41) is 3.73. The number of thiocarbonyl (C=S) groups is 1. The summed E-state index contributed by atoms with van der Waals surface area (Å²) in [7, 11) is 1.58. The number of pyridine rings is 1. The van der Waals surface area contributed by atoms with Crippen molar-refractivity contribution in [2.24, 2.45) is 5.73 Å². The zero-order valence-corrected chi connectivity index (χ0v) is 11.8. The van der Waals surface area contributed by atoms with Gasteiger partial charge in [0.1, 0.15) is 10.7 Å². The second-order valence-corrected chi connectivity index (χ2v) is 4.62. The number of benzene rings is 1. The van der Waals surface area contributed by atoms with Gasteiger partial charge in [-0.3, -0.25) is 4.98 Å². The number of ether oxygens (including phenoxy) is 1. The Hall–Kier alpha value is -1.85. The Morgan fingerprint density at radius 3 is 2.68 bits per heavy atom. The molecule has 98 valence electrons. The van der Waals surface area contributed by atoms with Crippen LogP contribution in [0.1, 0.15) is 5.69 Å². The molecule has 0 saturated heterocycles. The van der Waals surface area contributed by atoms with Crippen LogP contribution in [0.5, 0.6) is 5.75 Å². The van der Waals surface area contributed by atoms with E-state index >= 15 is 0 Å². The number of nitrogens with zero attached hydrogens (tertiary/aromatic N) is 1. The van der Waals surface area contributed by atoms with Crippen LogP contribution < -0.4 is 15.8 Å². The molecule has 2 aromatic rings. The smallest absolute Gasteiger partial charge is 0.137 e. The lowest BCUT2D eigenvalue weighted by molar-refractivity contribution is 0.415. The summed E-state index contributed by atoms with van der Waals surface area (Å²) in [5.74, 6) is 0.630. The molecule has 1 aromatic carbocycles. The Labute approximate surface area is 121 Å². The fourth-order valence-electron chi connectivity index (χ4n) is 1.55. The monoisotopic (exact) mass is 293 g/mol. The highest BCUT2D eigenvalue weighted by Gasteiger charge is 2.04. The number of nitrogens with two attached hydrogens (primary N) is 1. The zero-order valence-electron chi connectivity index (χ0n) is 10.2. The molecule has 1 aromatic heterocycles. The third-order valence-electron chi connectivity index (χ3n) is 2.45. The first-order valence-electron chi connectivity index (χ1n) is 5.46. The van der Waals surface area contributed by atoms with Crippen LogP contribution in [0.25, 0.3) is 0 Å². The fourth-order valence-corrected chi connectivity index (χ4v) is 1.92. The summed E-state index contributed by atoms with van der Waals surface area (Å²) in [4.78, 5) is 4.33. The van der Waals surface area contributed by atoms with Gasteiger partial charge in [0.15, 0.2) is 0 Å². The molecule has 0 aliphatic carbocycles. The molecule has 0 amide bonds. The maximum atomic E-state index is 6.06. The lowest BCUT2D eigenvalue weighted by Gasteiger charge is -2.09. The molecule has 0 unspecified atom stereocenters. The molecule has 0 saturated carbocycles. The Morgan fingerprint density at radius 1 is 1.32 bits per heavy atom. The van der Waals surface area contributed by atoms with E-state index in [2.05, 4.69) is 10.3 Å². The number of aromatic nitrogens is 1. The van der Waals surface area contributed by atoms with Gasteiger partial charge in [-0.1, -0.05) is 23.8 Å². The van der Waals surface area contributed by atoms with Crippen LogP contribution >= 0.6 is 23.8 Å². The van der Waals surface area contributed by atoms with Gasteiger partial charge in [0.2, 0.25) is 0 Å². The number of nitrogens with one attached hydrogen (secondary N) is 1. The predicted molar refractivity (Wildman–Crippen MR) is 81.4 cm³/mol. The normalized spacial score (nSPS) is 10.0. The van der Waals surface area contributed by atoms with Crippen LogP contribution in [0.2, 0.25) is 5.02 Å². The SMILES string of the molecule is COc1ccc(Nc2ccnc(C(N)=S)c2)cc1Cl. The molecule has 0 atom stereocenters. The molecule has 19 heavy (non-hydrogen) atoms. The van der Waals surface area contributed by atoms with Crippen molar-refractivity contribution in [3.8, 4) is 5.75 Å². The van der Waals surface area contributed by atoms with Crippen LogP contribution in [0.15, 0.2) is 36.5 Å². The second kappa shape index (κ2) is 5.86. The van der Waals surface area contributed by atoms with Gasteiger partial charge in [-0.15, -0.1) is 0 Å². The molecule has 3 N–H and O–H groups in total. The molecule has 0 radical (unpaired) electrons. The first-order chi connectivity index (χ1) is 9.10. The maximum absolute atomic E-state index is 6.06. The van der Waals surface area contributed by atoms with E-state index in [1.54, 1.807) is 31.5 Å². The molecule has 0 aliphatic rings. The summed E-state index contributed by atoms with van der Waals surface area (Å²) < 4.78 is 5.10. The first kappa shape index (κ1) is 13.6. The van der Waals surface area contributed by atoms with Crippen molar-refractivity contribution >= 4 is 40.2 Å². The zero-order chi connectivity index (χ0) is 13.8. The van der Waals surface area contributed by atoms with E-state index in [9.17, 15) is 0 Å². The van der Waals surface area contributed by atoms with Gasteiger partial charge in [0, 0.05) is 17.6 Å². The average Bonchev–Trinajstić information content (AvgIpc) is 2.39. The lowest BCUT2D eigenvalue weighted by atomic mass is 10.2. The third kappa shape index (κ3) is 3.33. The van der Waals surface area contributed by atoms with E-state index in [-0.39, 0.29) is 4.99 Å². The molecule has 0 fully saturated rings. The number of hydrogen-bond acceptors (Lipinski definition) is 4. The molecule has 6 heteroatoms. The topological polar surface area (TPSA) is 60.2 Å². The summed E-state index contributed by atoms with van der Waals surface area (Å²) in [5.41, 5.74) is 7.78. The van der Waals surface area contributed by atoms with Gasteiger partial charge < -0.3 is 15.8 Å². The molecular weight excluding hydrogens is 282 g/mol. The fraction of sp³-hybridized carbons (Fsp3) is 0.0769.